The molecule has 164 valence electrons. The fraction of sp³-hybridized carbons (Fsp3) is 0.500. The van der Waals surface area contributed by atoms with E-state index in [1.54, 1.807) is 12.1 Å². The third-order valence-corrected chi connectivity index (χ3v) is 7.43. The van der Waals surface area contributed by atoms with Crippen molar-refractivity contribution in [2.24, 2.45) is 0 Å². The van der Waals surface area contributed by atoms with Gasteiger partial charge in [-0.05, 0) is 55.5 Å². The zero-order valence-electron chi connectivity index (χ0n) is 17.9. The van der Waals surface area contributed by atoms with Crippen molar-refractivity contribution in [2.75, 3.05) is 19.7 Å². The van der Waals surface area contributed by atoms with Gasteiger partial charge in [-0.15, -0.1) is 0 Å². The molecule has 1 aliphatic carbocycles. The molecular weight excluding hydrogens is 393 g/mol. The summed E-state index contributed by atoms with van der Waals surface area (Å²) in [4.78, 5) is 15.7. The Morgan fingerprint density at radius 3 is 2.45 bits per heavy atom. The molecule has 2 saturated heterocycles. The van der Waals surface area contributed by atoms with Crippen LogP contribution in [0.25, 0.3) is 0 Å². The Labute approximate surface area is 183 Å². The number of hydrogen-bond acceptors (Lipinski definition) is 3. The SMILES string of the molecule is O=C(N1CCC2(CC1)CC(Oc1ccccc1)CO2)C1(c2cccc(F)c2)CCCC1. The molecule has 1 saturated carbocycles. The summed E-state index contributed by atoms with van der Waals surface area (Å²) >= 11 is 0. The van der Waals surface area contributed by atoms with Gasteiger partial charge in [0.15, 0.2) is 0 Å². The number of amides is 1. The molecule has 31 heavy (non-hydrogen) atoms. The number of carbonyl (C=O) groups excluding carboxylic acids is 1. The lowest BCUT2D eigenvalue weighted by molar-refractivity contribution is -0.142. The molecule has 2 aromatic rings. The van der Waals surface area contributed by atoms with Crippen molar-refractivity contribution in [2.45, 2.75) is 62.1 Å². The second kappa shape index (κ2) is 8.27. The summed E-state index contributed by atoms with van der Waals surface area (Å²) in [6, 6.07) is 16.5. The molecule has 0 radical (unpaired) electrons. The van der Waals surface area contributed by atoms with E-state index in [0.717, 1.165) is 56.3 Å². The van der Waals surface area contributed by atoms with Crippen LogP contribution in [0.15, 0.2) is 54.6 Å². The number of benzene rings is 2. The molecule has 4 nitrogen and oxygen atoms in total. The number of nitrogens with zero attached hydrogens (tertiary/aromatic N) is 1. The minimum atomic E-state index is -0.567. The second-order valence-corrected chi connectivity index (χ2v) is 9.34. The Kier molecular flexibility index (Phi) is 5.47. The lowest BCUT2D eigenvalue weighted by Crippen LogP contribution is -2.52. The molecule has 5 heteroatoms. The maximum atomic E-state index is 13.9. The van der Waals surface area contributed by atoms with Gasteiger partial charge in [-0.25, -0.2) is 4.39 Å². The van der Waals surface area contributed by atoms with E-state index in [2.05, 4.69) is 0 Å². The van der Waals surface area contributed by atoms with Gasteiger partial charge >= 0.3 is 0 Å². The predicted molar refractivity (Wildman–Crippen MR) is 117 cm³/mol. The lowest BCUT2D eigenvalue weighted by atomic mass is 9.76. The number of ether oxygens (including phenoxy) is 2. The monoisotopic (exact) mass is 423 g/mol. The van der Waals surface area contributed by atoms with Gasteiger partial charge in [-0.2, -0.15) is 0 Å². The molecule has 3 aliphatic rings. The van der Waals surface area contributed by atoms with Crippen LogP contribution in [-0.2, 0) is 14.9 Å². The van der Waals surface area contributed by atoms with Crippen LogP contribution in [0.5, 0.6) is 5.75 Å². The van der Waals surface area contributed by atoms with Crippen LogP contribution in [0.4, 0.5) is 4.39 Å². The van der Waals surface area contributed by atoms with Crippen molar-refractivity contribution in [3.05, 3.63) is 66.0 Å². The van der Waals surface area contributed by atoms with E-state index >= 15 is 0 Å². The van der Waals surface area contributed by atoms with Crippen LogP contribution in [0.1, 0.15) is 50.5 Å². The summed E-state index contributed by atoms with van der Waals surface area (Å²) in [6.45, 7) is 1.97. The Hall–Kier alpha value is -2.40. The highest BCUT2D eigenvalue weighted by molar-refractivity contribution is 5.88. The van der Waals surface area contributed by atoms with E-state index in [1.165, 1.54) is 6.07 Å². The number of piperidine rings is 1. The van der Waals surface area contributed by atoms with Crippen molar-refractivity contribution in [1.82, 2.24) is 4.90 Å². The molecular formula is C26H30FNO3. The van der Waals surface area contributed by atoms with Crippen LogP contribution in [0, 0.1) is 5.82 Å². The standard InChI is InChI=1S/C26H30FNO3/c27-21-8-6-7-20(17-21)26(11-4-5-12-26)24(29)28-15-13-25(14-16-28)18-23(19-30-25)31-22-9-2-1-3-10-22/h1-3,6-10,17,23H,4-5,11-16,18-19H2. The first-order valence-corrected chi connectivity index (χ1v) is 11.5. The summed E-state index contributed by atoms with van der Waals surface area (Å²) in [7, 11) is 0. The van der Waals surface area contributed by atoms with Crippen LogP contribution in [0.3, 0.4) is 0 Å². The van der Waals surface area contributed by atoms with Crippen LogP contribution >= 0.6 is 0 Å². The molecule has 5 rings (SSSR count). The summed E-state index contributed by atoms with van der Waals surface area (Å²) in [5.41, 5.74) is 0.0729. The number of carbonyl (C=O) groups is 1. The molecule has 1 spiro atoms. The number of likely N-dealkylation sites (tertiary alicyclic amines) is 1. The van der Waals surface area contributed by atoms with Crippen LogP contribution < -0.4 is 4.74 Å². The van der Waals surface area contributed by atoms with Crippen molar-refractivity contribution < 1.29 is 18.7 Å². The minimum absolute atomic E-state index is 0.0538. The summed E-state index contributed by atoms with van der Waals surface area (Å²) in [6.07, 6.45) is 6.21. The molecule has 0 bridgehead atoms. The van der Waals surface area contributed by atoms with Gasteiger partial charge in [0.1, 0.15) is 17.7 Å². The molecule has 1 amide bonds. The number of halogens is 1. The van der Waals surface area contributed by atoms with Crippen molar-refractivity contribution >= 4 is 5.91 Å². The average molecular weight is 424 g/mol. The quantitative estimate of drug-likeness (QED) is 0.705. The van der Waals surface area contributed by atoms with Gasteiger partial charge in [-0.1, -0.05) is 43.2 Å². The fourth-order valence-corrected chi connectivity index (χ4v) is 5.73. The van der Waals surface area contributed by atoms with Crippen LogP contribution in [-0.4, -0.2) is 42.2 Å². The van der Waals surface area contributed by atoms with Gasteiger partial charge < -0.3 is 14.4 Å². The molecule has 3 fully saturated rings. The largest absolute Gasteiger partial charge is 0.488 e. The highest BCUT2D eigenvalue weighted by atomic mass is 19.1. The molecule has 2 aromatic carbocycles. The van der Waals surface area contributed by atoms with Crippen LogP contribution in [0.2, 0.25) is 0 Å². The average Bonchev–Trinajstić information content (AvgIpc) is 3.43. The molecule has 0 N–H and O–H groups in total. The van der Waals surface area contributed by atoms with Gasteiger partial charge in [-0.3, -0.25) is 4.79 Å². The topological polar surface area (TPSA) is 38.8 Å². The first-order chi connectivity index (χ1) is 15.1. The number of rotatable bonds is 4. The third kappa shape index (κ3) is 3.96. The van der Waals surface area contributed by atoms with E-state index in [-0.39, 0.29) is 23.4 Å². The zero-order chi connectivity index (χ0) is 21.3. The normalized spacial score (nSPS) is 24.4. The first kappa shape index (κ1) is 20.5. The second-order valence-electron chi connectivity index (χ2n) is 9.34. The van der Waals surface area contributed by atoms with Gasteiger partial charge in [0, 0.05) is 19.5 Å². The molecule has 2 heterocycles. The zero-order valence-corrected chi connectivity index (χ0v) is 17.9. The van der Waals surface area contributed by atoms with E-state index in [9.17, 15) is 9.18 Å². The third-order valence-electron chi connectivity index (χ3n) is 7.43. The predicted octanol–water partition coefficient (Wildman–Crippen LogP) is 4.87. The fourth-order valence-electron chi connectivity index (χ4n) is 5.73. The molecule has 1 atom stereocenters. The minimum Gasteiger partial charge on any atom is -0.488 e. The summed E-state index contributed by atoms with van der Waals surface area (Å²) in [5, 5.41) is 0. The number of hydrogen-bond donors (Lipinski definition) is 0. The maximum absolute atomic E-state index is 13.9. The van der Waals surface area contributed by atoms with E-state index in [4.69, 9.17) is 9.47 Å². The van der Waals surface area contributed by atoms with E-state index in [0.29, 0.717) is 19.7 Å². The van der Waals surface area contributed by atoms with Gasteiger partial charge in [0.05, 0.1) is 17.6 Å². The Balaban J connectivity index is 1.24. The first-order valence-electron chi connectivity index (χ1n) is 11.5. The van der Waals surface area contributed by atoms with Gasteiger partial charge in [0.2, 0.25) is 5.91 Å². The maximum Gasteiger partial charge on any atom is 0.233 e. The van der Waals surface area contributed by atoms with Crippen molar-refractivity contribution in [1.29, 1.82) is 0 Å². The van der Waals surface area contributed by atoms with E-state index < -0.39 is 5.41 Å². The Bertz CT molecular complexity index is 917. The van der Waals surface area contributed by atoms with Crippen molar-refractivity contribution in [3.8, 4) is 5.75 Å². The summed E-state index contributed by atoms with van der Waals surface area (Å²) in [5.74, 6) is 0.776. The lowest BCUT2D eigenvalue weighted by Gasteiger charge is -2.42. The van der Waals surface area contributed by atoms with Gasteiger partial charge in [0.25, 0.3) is 0 Å². The molecule has 2 aliphatic heterocycles. The molecule has 0 aromatic heterocycles. The smallest absolute Gasteiger partial charge is 0.233 e. The highest BCUT2D eigenvalue weighted by Gasteiger charge is 2.49. The summed E-state index contributed by atoms with van der Waals surface area (Å²) < 4.78 is 26.3. The Morgan fingerprint density at radius 1 is 1.00 bits per heavy atom. The highest BCUT2D eigenvalue weighted by Crippen LogP contribution is 2.44. The molecule has 1 unspecified atom stereocenters. The van der Waals surface area contributed by atoms with Crippen molar-refractivity contribution in [3.63, 3.8) is 0 Å². The number of para-hydroxylation sites is 1. The van der Waals surface area contributed by atoms with E-state index in [1.807, 2.05) is 41.3 Å². The Morgan fingerprint density at radius 2 is 1.74 bits per heavy atom.